The van der Waals surface area contributed by atoms with Gasteiger partial charge in [0.25, 0.3) is 0 Å². The average molecular weight is 327 g/mol. The van der Waals surface area contributed by atoms with Gasteiger partial charge >= 0.3 is 11.8 Å². The maximum Gasteiger partial charge on any atom is 0.314 e. The number of rotatable bonds is 3. The van der Waals surface area contributed by atoms with Crippen molar-refractivity contribution in [2.24, 2.45) is 0 Å². The Morgan fingerprint density at radius 2 is 1.38 bits per heavy atom. The predicted octanol–water partition coefficient (Wildman–Crippen LogP) is 2.24. The minimum Gasteiger partial charge on any atom is -0.506 e. The van der Waals surface area contributed by atoms with Crippen LogP contribution in [0.2, 0.25) is 0 Å². The lowest BCUT2D eigenvalue weighted by atomic mass is 10.2. The smallest absolute Gasteiger partial charge is 0.314 e. The summed E-state index contributed by atoms with van der Waals surface area (Å²) in [7, 11) is 0. The highest BCUT2D eigenvalue weighted by molar-refractivity contribution is 6.43. The van der Waals surface area contributed by atoms with Gasteiger partial charge in [-0.3, -0.25) is 14.4 Å². The average Bonchev–Trinajstić information content (AvgIpc) is 2.52. The fourth-order valence-corrected chi connectivity index (χ4v) is 1.96. The molecule has 0 fully saturated rings. The van der Waals surface area contributed by atoms with Gasteiger partial charge in [-0.05, 0) is 48.9 Å². The number of aromatic hydroxyl groups is 1. The van der Waals surface area contributed by atoms with E-state index in [4.69, 9.17) is 0 Å². The second-order valence-electron chi connectivity index (χ2n) is 5.19. The monoisotopic (exact) mass is 327 g/mol. The molecule has 2 aromatic rings. The van der Waals surface area contributed by atoms with Crippen LogP contribution < -0.4 is 16.0 Å². The lowest BCUT2D eigenvalue weighted by Crippen LogP contribution is -2.29. The van der Waals surface area contributed by atoms with Crippen molar-refractivity contribution in [1.82, 2.24) is 0 Å². The van der Waals surface area contributed by atoms with Crippen molar-refractivity contribution in [1.29, 1.82) is 0 Å². The van der Waals surface area contributed by atoms with Crippen LogP contribution in [-0.2, 0) is 14.4 Å². The van der Waals surface area contributed by atoms with E-state index in [0.717, 1.165) is 5.56 Å². The summed E-state index contributed by atoms with van der Waals surface area (Å²) in [6, 6.07) is 11.0. The normalized spacial score (nSPS) is 9.92. The van der Waals surface area contributed by atoms with Gasteiger partial charge in [0.2, 0.25) is 5.91 Å². The number of anilines is 3. The number of nitrogens with one attached hydrogen (secondary N) is 3. The topological polar surface area (TPSA) is 108 Å². The molecule has 0 aliphatic rings. The van der Waals surface area contributed by atoms with Crippen molar-refractivity contribution in [2.75, 3.05) is 16.0 Å². The molecule has 0 aliphatic heterocycles. The molecule has 2 rings (SSSR count). The zero-order valence-electron chi connectivity index (χ0n) is 13.2. The first-order valence-corrected chi connectivity index (χ1v) is 7.15. The molecule has 0 unspecified atom stereocenters. The van der Waals surface area contributed by atoms with Crippen LogP contribution in [0, 0.1) is 6.92 Å². The Hall–Kier alpha value is -3.35. The Kier molecular flexibility index (Phi) is 5.16. The van der Waals surface area contributed by atoms with Crippen LogP contribution in [0.15, 0.2) is 42.5 Å². The second-order valence-corrected chi connectivity index (χ2v) is 5.19. The summed E-state index contributed by atoms with van der Waals surface area (Å²) in [6.07, 6.45) is 0. The standard InChI is InChI=1S/C17H17N3O4/c1-10-3-8-15(22)14(9-10)20-17(24)16(23)19-13-6-4-12(5-7-13)18-11(2)21/h3-9,22H,1-2H3,(H,18,21)(H,19,23)(H,20,24). The molecule has 124 valence electrons. The van der Waals surface area contributed by atoms with Crippen molar-refractivity contribution in [3.8, 4) is 5.75 Å². The number of carbonyl (C=O) groups is 3. The van der Waals surface area contributed by atoms with Crippen LogP contribution in [-0.4, -0.2) is 22.8 Å². The van der Waals surface area contributed by atoms with E-state index in [1.165, 1.54) is 13.0 Å². The number of carbonyl (C=O) groups excluding carboxylic acids is 3. The maximum absolute atomic E-state index is 11.9. The van der Waals surface area contributed by atoms with Crippen LogP contribution >= 0.6 is 0 Å². The van der Waals surface area contributed by atoms with Gasteiger partial charge in [-0.25, -0.2) is 0 Å². The van der Waals surface area contributed by atoms with E-state index >= 15 is 0 Å². The van der Waals surface area contributed by atoms with Crippen molar-refractivity contribution in [2.45, 2.75) is 13.8 Å². The van der Waals surface area contributed by atoms with Gasteiger partial charge in [0, 0.05) is 18.3 Å². The Morgan fingerprint density at radius 3 is 1.96 bits per heavy atom. The van der Waals surface area contributed by atoms with E-state index in [-0.39, 0.29) is 17.3 Å². The molecule has 24 heavy (non-hydrogen) atoms. The predicted molar refractivity (Wildman–Crippen MR) is 90.8 cm³/mol. The number of phenols is 1. The second kappa shape index (κ2) is 7.28. The zero-order valence-corrected chi connectivity index (χ0v) is 13.2. The van der Waals surface area contributed by atoms with Gasteiger partial charge in [-0.1, -0.05) is 6.07 Å². The van der Waals surface area contributed by atoms with Gasteiger partial charge in [0.05, 0.1) is 5.69 Å². The van der Waals surface area contributed by atoms with E-state index in [1.54, 1.807) is 43.3 Å². The Balaban J connectivity index is 1.99. The van der Waals surface area contributed by atoms with Gasteiger partial charge in [0.1, 0.15) is 5.75 Å². The highest BCUT2D eigenvalue weighted by Crippen LogP contribution is 2.23. The van der Waals surface area contributed by atoms with Crippen molar-refractivity contribution in [3.05, 3.63) is 48.0 Å². The quantitative estimate of drug-likeness (QED) is 0.512. The third-order valence-corrected chi connectivity index (χ3v) is 3.07. The Labute approximate surface area is 138 Å². The maximum atomic E-state index is 11.9. The first kappa shape index (κ1) is 17.0. The molecule has 0 aliphatic carbocycles. The molecule has 0 radical (unpaired) electrons. The molecular formula is C17H17N3O4. The summed E-state index contributed by atoms with van der Waals surface area (Å²) in [5.41, 5.74) is 1.97. The highest BCUT2D eigenvalue weighted by atomic mass is 16.3. The van der Waals surface area contributed by atoms with E-state index in [1.807, 2.05) is 0 Å². The number of hydrogen-bond acceptors (Lipinski definition) is 4. The molecule has 7 nitrogen and oxygen atoms in total. The number of amides is 3. The summed E-state index contributed by atoms with van der Waals surface area (Å²) < 4.78 is 0. The summed E-state index contributed by atoms with van der Waals surface area (Å²) >= 11 is 0. The lowest BCUT2D eigenvalue weighted by molar-refractivity contribution is -0.133. The number of phenolic OH excluding ortho intramolecular Hbond substituents is 1. The molecule has 0 atom stereocenters. The molecule has 7 heteroatoms. The van der Waals surface area contributed by atoms with Gasteiger partial charge < -0.3 is 21.1 Å². The third kappa shape index (κ3) is 4.57. The molecule has 0 saturated heterocycles. The van der Waals surface area contributed by atoms with Crippen molar-refractivity contribution >= 4 is 34.8 Å². The van der Waals surface area contributed by atoms with Crippen LogP contribution in [0.25, 0.3) is 0 Å². The minimum absolute atomic E-state index is 0.124. The Morgan fingerprint density at radius 1 is 0.833 bits per heavy atom. The lowest BCUT2D eigenvalue weighted by Gasteiger charge is -2.09. The molecule has 2 aromatic carbocycles. The highest BCUT2D eigenvalue weighted by Gasteiger charge is 2.15. The first-order chi connectivity index (χ1) is 11.3. The molecule has 0 heterocycles. The number of aryl methyl sites for hydroxylation is 1. The summed E-state index contributed by atoms with van der Waals surface area (Å²) in [6.45, 7) is 3.19. The van der Waals surface area contributed by atoms with Gasteiger partial charge in [-0.2, -0.15) is 0 Å². The summed E-state index contributed by atoms with van der Waals surface area (Å²) in [5, 5.41) is 17.1. The fourth-order valence-electron chi connectivity index (χ4n) is 1.96. The van der Waals surface area contributed by atoms with Crippen LogP contribution in [0.3, 0.4) is 0 Å². The van der Waals surface area contributed by atoms with Crippen molar-refractivity contribution in [3.63, 3.8) is 0 Å². The summed E-state index contributed by atoms with van der Waals surface area (Å²) in [4.78, 5) is 34.7. The summed E-state index contributed by atoms with van der Waals surface area (Å²) in [5.74, 6) is -2.10. The van der Waals surface area contributed by atoms with E-state index in [0.29, 0.717) is 11.4 Å². The number of hydrogen-bond donors (Lipinski definition) is 4. The molecule has 0 aromatic heterocycles. The minimum atomic E-state index is -0.901. The molecular weight excluding hydrogens is 310 g/mol. The SMILES string of the molecule is CC(=O)Nc1ccc(NC(=O)C(=O)Nc2cc(C)ccc2O)cc1. The van der Waals surface area contributed by atoms with Crippen LogP contribution in [0.5, 0.6) is 5.75 Å². The van der Waals surface area contributed by atoms with Crippen LogP contribution in [0.1, 0.15) is 12.5 Å². The molecule has 4 N–H and O–H groups in total. The molecule has 0 spiro atoms. The third-order valence-electron chi connectivity index (χ3n) is 3.07. The molecule has 0 saturated carbocycles. The molecule has 3 amide bonds. The van der Waals surface area contributed by atoms with Gasteiger partial charge in [0.15, 0.2) is 0 Å². The number of benzene rings is 2. The largest absolute Gasteiger partial charge is 0.506 e. The van der Waals surface area contributed by atoms with Crippen molar-refractivity contribution < 1.29 is 19.5 Å². The fraction of sp³-hybridized carbons (Fsp3) is 0.118. The van der Waals surface area contributed by atoms with Gasteiger partial charge in [-0.15, -0.1) is 0 Å². The van der Waals surface area contributed by atoms with E-state index in [2.05, 4.69) is 16.0 Å². The Bertz CT molecular complexity index is 785. The first-order valence-electron chi connectivity index (χ1n) is 7.15. The van der Waals surface area contributed by atoms with E-state index in [9.17, 15) is 19.5 Å². The van der Waals surface area contributed by atoms with Crippen LogP contribution in [0.4, 0.5) is 17.1 Å². The molecule has 0 bridgehead atoms. The zero-order chi connectivity index (χ0) is 17.7. The van der Waals surface area contributed by atoms with E-state index < -0.39 is 11.8 Å².